The second-order valence-electron chi connectivity index (χ2n) is 8.70. The number of aryl methyl sites for hydroxylation is 1. The van der Waals surface area contributed by atoms with Gasteiger partial charge in [-0.3, -0.25) is 24.4 Å². The molecule has 3 aromatic carbocycles. The predicted molar refractivity (Wildman–Crippen MR) is 134 cm³/mol. The van der Waals surface area contributed by atoms with Gasteiger partial charge in [0, 0.05) is 28.9 Å². The Morgan fingerprint density at radius 3 is 2.14 bits per heavy atom. The van der Waals surface area contributed by atoms with Gasteiger partial charge in [-0.2, -0.15) is 0 Å². The highest BCUT2D eigenvalue weighted by Crippen LogP contribution is 2.28. The van der Waals surface area contributed by atoms with Crippen LogP contribution in [0, 0.1) is 6.92 Å². The molecule has 0 radical (unpaired) electrons. The number of primary amides is 1. The summed E-state index contributed by atoms with van der Waals surface area (Å²) in [5.41, 5.74) is 10.8. The van der Waals surface area contributed by atoms with Crippen molar-refractivity contribution in [2.45, 2.75) is 25.8 Å². The SMILES string of the molecule is Cc1ccc(C(=O)Nc2cc(C(=O)N3CCC[C@H]3C(N)=O)cc(-c3ccc(C(=O)NO)cc3)c2)cc1. The van der Waals surface area contributed by atoms with Crippen LogP contribution in [0.25, 0.3) is 11.1 Å². The van der Waals surface area contributed by atoms with Gasteiger partial charge >= 0.3 is 0 Å². The predicted octanol–water partition coefficient (Wildman–Crippen LogP) is 3.12. The molecule has 1 atom stereocenters. The summed E-state index contributed by atoms with van der Waals surface area (Å²) < 4.78 is 0. The Kier molecular flexibility index (Phi) is 7.12. The van der Waals surface area contributed by atoms with Crippen molar-refractivity contribution in [2.24, 2.45) is 5.73 Å². The van der Waals surface area contributed by atoms with Crippen LogP contribution in [0.3, 0.4) is 0 Å². The molecule has 0 spiro atoms. The van der Waals surface area contributed by atoms with Crippen molar-refractivity contribution in [3.63, 3.8) is 0 Å². The Bertz CT molecular complexity index is 1320. The maximum atomic E-state index is 13.4. The van der Waals surface area contributed by atoms with E-state index in [-0.39, 0.29) is 22.9 Å². The molecule has 5 N–H and O–H groups in total. The second-order valence-corrected chi connectivity index (χ2v) is 8.70. The number of nitrogens with zero attached hydrogens (tertiary/aromatic N) is 1. The van der Waals surface area contributed by atoms with Crippen LogP contribution in [0.15, 0.2) is 66.7 Å². The third-order valence-corrected chi connectivity index (χ3v) is 6.18. The van der Waals surface area contributed by atoms with Crippen LogP contribution in [-0.4, -0.2) is 46.3 Å². The summed E-state index contributed by atoms with van der Waals surface area (Å²) in [6.45, 7) is 2.34. The third kappa shape index (κ3) is 5.26. The monoisotopic (exact) mass is 486 g/mol. The van der Waals surface area contributed by atoms with Crippen molar-refractivity contribution in [3.8, 4) is 11.1 Å². The third-order valence-electron chi connectivity index (χ3n) is 6.18. The van der Waals surface area contributed by atoms with Crippen LogP contribution in [0.5, 0.6) is 0 Å². The van der Waals surface area contributed by atoms with Gasteiger partial charge in [0.2, 0.25) is 5.91 Å². The summed E-state index contributed by atoms with van der Waals surface area (Å²) in [6, 6.07) is 17.8. The van der Waals surface area contributed by atoms with Crippen LogP contribution in [-0.2, 0) is 4.79 Å². The van der Waals surface area contributed by atoms with Crippen molar-refractivity contribution < 1.29 is 24.4 Å². The number of anilines is 1. The van der Waals surface area contributed by atoms with Crippen molar-refractivity contribution in [2.75, 3.05) is 11.9 Å². The molecule has 184 valence electrons. The summed E-state index contributed by atoms with van der Waals surface area (Å²) in [6.07, 6.45) is 1.18. The van der Waals surface area contributed by atoms with E-state index in [1.165, 1.54) is 17.0 Å². The summed E-state index contributed by atoms with van der Waals surface area (Å²) in [5, 5.41) is 11.7. The zero-order valence-corrected chi connectivity index (χ0v) is 19.7. The lowest BCUT2D eigenvalue weighted by molar-refractivity contribution is -0.121. The minimum atomic E-state index is -0.678. The van der Waals surface area contributed by atoms with Gasteiger partial charge in [0.15, 0.2) is 0 Å². The van der Waals surface area contributed by atoms with Crippen molar-refractivity contribution in [3.05, 3.63) is 89.0 Å². The highest BCUT2D eigenvalue weighted by atomic mass is 16.5. The molecule has 4 rings (SSSR count). The van der Waals surface area contributed by atoms with Crippen LogP contribution in [0.4, 0.5) is 5.69 Å². The van der Waals surface area contributed by atoms with E-state index in [2.05, 4.69) is 5.32 Å². The summed E-state index contributed by atoms with van der Waals surface area (Å²) in [4.78, 5) is 51.3. The van der Waals surface area contributed by atoms with Gasteiger partial charge in [0.1, 0.15) is 6.04 Å². The van der Waals surface area contributed by atoms with Crippen molar-refractivity contribution in [1.82, 2.24) is 10.4 Å². The number of amides is 4. The van der Waals surface area contributed by atoms with Crippen LogP contribution < -0.4 is 16.5 Å². The zero-order valence-electron chi connectivity index (χ0n) is 19.7. The zero-order chi connectivity index (χ0) is 25.8. The van der Waals surface area contributed by atoms with E-state index in [1.807, 2.05) is 19.1 Å². The molecule has 1 fully saturated rings. The first-order valence-corrected chi connectivity index (χ1v) is 11.4. The van der Waals surface area contributed by atoms with E-state index in [4.69, 9.17) is 10.9 Å². The first-order chi connectivity index (χ1) is 17.3. The number of carbonyl (C=O) groups is 4. The minimum Gasteiger partial charge on any atom is -0.368 e. The lowest BCUT2D eigenvalue weighted by Crippen LogP contribution is -2.43. The van der Waals surface area contributed by atoms with Gasteiger partial charge in [-0.1, -0.05) is 29.8 Å². The molecule has 0 aliphatic carbocycles. The number of likely N-dealkylation sites (tertiary alicyclic amines) is 1. The Hall–Kier alpha value is -4.50. The number of hydrogen-bond donors (Lipinski definition) is 4. The number of hydroxylamine groups is 1. The van der Waals surface area contributed by atoms with Gasteiger partial charge in [-0.15, -0.1) is 0 Å². The quantitative estimate of drug-likeness (QED) is 0.313. The minimum absolute atomic E-state index is 0.253. The van der Waals surface area contributed by atoms with Crippen LogP contribution in [0.2, 0.25) is 0 Å². The van der Waals surface area contributed by atoms with E-state index in [0.717, 1.165) is 5.56 Å². The molecule has 3 aromatic rings. The summed E-state index contributed by atoms with van der Waals surface area (Å²) in [7, 11) is 0. The lowest BCUT2D eigenvalue weighted by atomic mass is 9.99. The van der Waals surface area contributed by atoms with E-state index in [1.54, 1.807) is 47.9 Å². The number of rotatable bonds is 6. The molecular formula is C27H26N4O5. The van der Waals surface area contributed by atoms with Gasteiger partial charge in [-0.05, 0) is 73.4 Å². The molecule has 1 heterocycles. The Labute approximate surface area is 207 Å². The molecule has 0 saturated carbocycles. The topological polar surface area (TPSA) is 142 Å². The highest BCUT2D eigenvalue weighted by Gasteiger charge is 2.33. The van der Waals surface area contributed by atoms with Crippen molar-refractivity contribution in [1.29, 1.82) is 0 Å². The molecule has 9 nitrogen and oxygen atoms in total. The van der Waals surface area contributed by atoms with Crippen molar-refractivity contribution >= 4 is 29.3 Å². The van der Waals surface area contributed by atoms with E-state index in [9.17, 15) is 19.2 Å². The molecule has 1 saturated heterocycles. The fourth-order valence-electron chi connectivity index (χ4n) is 4.25. The Morgan fingerprint density at radius 2 is 1.50 bits per heavy atom. The summed E-state index contributed by atoms with van der Waals surface area (Å²) >= 11 is 0. The molecule has 0 unspecified atom stereocenters. The average Bonchev–Trinajstić information content (AvgIpc) is 3.38. The average molecular weight is 487 g/mol. The standard InChI is InChI=1S/C27H26N4O5/c1-16-4-6-18(7-5-16)25(33)29-22-14-20(17-8-10-19(11-9-17)26(34)30-36)13-21(15-22)27(35)31-12-2-3-23(31)24(28)32/h4-11,13-15,23,36H,2-3,12H2,1H3,(H2,28,32)(H,29,33)(H,30,34)/t23-/m0/s1. The van der Waals surface area contributed by atoms with Gasteiger partial charge in [0.05, 0.1) is 0 Å². The Morgan fingerprint density at radius 1 is 0.861 bits per heavy atom. The molecule has 4 amide bonds. The normalized spacial score (nSPS) is 14.8. The number of nitrogens with one attached hydrogen (secondary N) is 2. The van der Waals surface area contributed by atoms with Crippen LogP contribution >= 0.6 is 0 Å². The summed E-state index contributed by atoms with van der Waals surface area (Å²) in [5.74, 6) is -1.90. The molecule has 0 bridgehead atoms. The number of nitrogens with two attached hydrogens (primary N) is 1. The van der Waals surface area contributed by atoms with E-state index < -0.39 is 17.9 Å². The molecule has 0 aromatic heterocycles. The maximum Gasteiger partial charge on any atom is 0.274 e. The first kappa shape index (κ1) is 24.6. The van der Waals surface area contributed by atoms with Gasteiger partial charge < -0.3 is 16.0 Å². The molecule has 1 aliphatic heterocycles. The fourth-order valence-corrected chi connectivity index (χ4v) is 4.25. The molecule has 1 aliphatic rings. The second kappa shape index (κ2) is 10.4. The smallest absolute Gasteiger partial charge is 0.274 e. The number of hydrogen-bond acceptors (Lipinski definition) is 5. The van der Waals surface area contributed by atoms with E-state index >= 15 is 0 Å². The lowest BCUT2D eigenvalue weighted by Gasteiger charge is -2.23. The molecule has 9 heteroatoms. The Balaban J connectivity index is 1.71. The maximum absolute atomic E-state index is 13.4. The highest BCUT2D eigenvalue weighted by molar-refractivity contribution is 6.06. The fraction of sp³-hybridized carbons (Fsp3) is 0.185. The first-order valence-electron chi connectivity index (χ1n) is 11.4. The number of carbonyl (C=O) groups excluding carboxylic acids is 4. The number of benzene rings is 3. The van der Waals surface area contributed by atoms with Gasteiger partial charge in [0.25, 0.3) is 17.7 Å². The van der Waals surface area contributed by atoms with E-state index in [0.29, 0.717) is 41.8 Å². The largest absolute Gasteiger partial charge is 0.368 e. The molecular weight excluding hydrogens is 460 g/mol. The van der Waals surface area contributed by atoms with Crippen LogP contribution in [0.1, 0.15) is 49.5 Å². The molecule has 36 heavy (non-hydrogen) atoms. The van der Waals surface area contributed by atoms with Gasteiger partial charge in [-0.25, -0.2) is 5.48 Å².